The summed E-state index contributed by atoms with van der Waals surface area (Å²) in [5.74, 6) is 0.0513. The number of hydrogen-bond acceptors (Lipinski definition) is 4. The van der Waals surface area contributed by atoms with E-state index in [0.29, 0.717) is 12.8 Å². The number of unbranched alkanes of at least 4 members (excludes halogenated alkanes) is 1. The minimum Gasteiger partial charge on any atom is -0.396 e. The Bertz CT molecular complexity index is 331. The van der Waals surface area contributed by atoms with Crippen LogP contribution in [0.1, 0.15) is 12.8 Å². The molecule has 1 aromatic rings. The van der Waals surface area contributed by atoms with Crippen molar-refractivity contribution >= 4 is 9.84 Å². The molecule has 0 fully saturated rings. The molecule has 2 N–H and O–H groups in total. The van der Waals surface area contributed by atoms with Gasteiger partial charge in [0.25, 0.3) is 0 Å². The zero-order valence-electron chi connectivity index (χ0n) is 7.10. The van der Waals surface area contributed by atoms with E-state index >= 15 is 0 Å². The van der Waals surface area contributed by atoms with Crippen molar-refractivity contribution in [3.05, 3.63) is 12.5 Å². The summed E-state index contributed by atoms with van der Waals surface area (Å²) >= 11 is 0. The van der Waals surface area contributed by atoms with Gasteiger partial charge in [-0.3, -0.25) is 0 Å². The third-order valence-electron chi connectivity index (χ3n) is 1.63. The molecule has 0 unspecified atom stereocenters. The molecule has 0 saturated carbocycles. The maximum Gasteiger partial charge on any atom is 0.195 e. The fourth-order valence-electron chi connectivity index (χ4n) is 0.927. The van der Waals surface area contributed by atoms with Gasteiger partial charge in [0.15, 0.2) is 14.9 Å². The molecule has 0 bridgehead atoms. The summed E-state index contributed by atoms with van der Waals surface area (Å²) in [4.78, 5) is 6.18. The molecule has 1 aromatic heterocycles. The fraction of sp³-hybridized carbons (Fsp3) is 0.571. The Balaban J connectivity index is 2.58. The van der Waals surface area contributed by atoms with Gasteiger partial charge in [0.2, 0.25) is 0 Å². The summed E-state index contributed by atoms with van der Waals surface area (Å²) in [5, 5.41) is 8.62. The second-order valence-electron chi connectivity index (χ2n) is 2.67. The average Bonchev–Trinajstić information content (AvgIpc) is 2.56. The molecule has 1 rings (SSSR count). The molecule has 1 heterocycles. The van der Waals surface area contributed by atoms with Crippen molar-refractivity contribution in [3.8, 4) is 0 Å². The highest BCUT2D eigenvalue weighted by Crippen LogP contribution is 2.07. The van der Waals surface area contributed by atoms with Crippen LogP contribution in [0.3, 0.4) is 0 Å². The van der Waals surface area contributed by atoms with Crippen LogP contribution in [0.2, 0.25) is 0 Å². The summed E-state index contributed by atoms with van der Waals surface area (Å²) in [7, 11) is -3.22. The number of aromatic nitrogens is 2. The highest BCUT2D eigenvalue weighted by molar-refractivity contribution is 7.91. The third-order valence-corrected chi connectivity index (χ3v) is 3.35. The average molecular weight is 204 g/mol. The summed E-state index contributed by atoms with van der Waals surface area (Å²) in [6.07, 6.45) is 3.60. The smallest absolute Gasteiger partial charge is 0.195 e. The molecule has 74 valence electrons. The SMILES string of the molecule is O=S(=O)(CCCCO)c1cnc[nH]1. The number of rotatable bonds is 5. The van der Waals surface area contributed by atoms with Crippen molar-refractivity contribution in [2.45, 2.75) is 17.9 Å². The van der Waals surface area contributed by atoms with Crippen molar-refractivity contribution < 1.29 is 13.5 Å². The van der Waals surface area contributed by atoms with Crippen molar-refractivity contribution in [2.24, 2.45) is 0 Å². The number of aliphatic hydroxyl groups excluding tert-OH is 1. The molecule has 0 radical (unpaired) electrons. The molecular weight excluding hydrogens is 192 g/mol. The van der Waals surface area contributed by atoms with Crippen molar-refractivity contribution in [3.63, 3.8) is 0 Å². The van der Waals surface area contributed by atoms with Gasteiger partial charge >= 0.3 is 0 Å². The van der Waals surface area contributed by atoms with Crippen molar-refractivity contribution in [2.75, 3.05) is 12.4 Å². The molecule has 0 amide bonds. The first-order valence-electron chi connectivity index (χ1n) is 3.99. The first-order valence-corrected chi connectivity index (χ1v) is 5.64. The summed E-state index contributed by atoms with van der Waals surface area (Å²) in [6, 6.07) is 0. The van der Waals surface area contributed by atoms with E-state index in [1.54, 1.807) is 0 Å². The van der Waals surface area contributed by atoms with Crippen LogP contribution >= 0.6 is 0 Å². The van der Waals surface area contributed by atoms with Crippen LogP contribution in [0.15, 0.2) is 17.6 Å². The van der Waals surface area contributed by atoms with E-state index in [1.165, 1.54) is 12.5 Å². The molecule has 0 aliphatic carbocycles. The molecular formula is C7H12N2O3S. The van der Waals surface area contributed by atoms with Crippen LogP contribution in [0.5, 0.6) is 0 Å². The molecule has 0 atom stereocenters. The van der Waals surface area contributed by atoms with E-state index in [4.69, 9.17) is 5.11 Å². The van der Waals surface area contributed by atoms with Crippen LogP contribution < -0.4 is 0 Å². The van der Waals surface area contributed by atoms with Gasteiger partial charge in [-0.1, -0.05) is 0 Å². The molecule has 5 nitrogen and oxygen atoms in total. The van der Waals surface area contributed by atoms with E-state index in [1.807, 2.05) is 0 Å². The predicted octanol–water partition coefficient (Wildman–Crippen LogP) is -0.0441. The highest BCUT2D eigenvalue weighted by Gasteiger charge is 2.14. The first-order chi connectivity index (χ1) is 6.17. The van der Waals surface area contributed by atoms with Crippen LogP contribution in [0.25, 0.3) is 0 Å². The van der Waals surface area contributed by atoms with E-state index in [2.05, 4.69) is 9.97 Å². The monoisotopic (exact) mass is 204 g/mol. The number of sulfone groups is 1. The van der Waals surface area contributed by atoms with Crippen molar-refractivity contribution in [1.82, 2.24) is 9.97 Å². The van der Waals surface area contributed by atoms with E-state index in [0.717, 1.165) is 0 Å². The van der Waals surface area contributed by atoms with Gasteiger partial charge in [0.1, 0.15) is 0 Å². The lowest BCUT2D eigenvalue weighted by Crippen LogP contribution is -2.07. The summed E-state index contributed by atoms with van der Waals surface area (Å²) in [6.45, 7) is 0.0263. The second-order valence-corrected chi connectivity index (χ2v) is 4.74. The minimum absolute atomic E-state index is 0.0263. The molecule has 0 saturated heterocycles. The second kappa shape index (κ2) is 4.38. The highest BCUT2D eigenvalue weighted by atomic mass is 32.2. The van der Waals surface area contributed by atoms with Crippen LogP contribution in [-0.2, 0) is 9.84 Å². The molecule has 0 aliphatic rings. The number of aliphatic hydroxyl groups is 1. The van der Waals surface area contributed by atoms with Gasteiger partial charge in [-0.05, 0) is 12.8 Å². The Morgan fingerprint density at radius 2 is 2.23 bits per heavy atom. The molecule has 0 aliphatic heterocycles. The standard InChI is InChI=1S/C7H12N2O3S/c10-3-1-2-4-13(11,12)7-5-8-6-9-7/h5-6,10H,1-4H2,(H,8,9). The van der Waals surface area contributed by atoms with Gasteiger partial charge in [-0.25, -0.2) is 13.4 Å². The first kappa shape index (κ1) is 10.2. The number of imidazole rings is 1. The molecule has 0 spiro atoms. The minimum atomic E-state index is -3.22. The lowest BCUT2D eigenvalue weighted by Gasteiger charge is -1.99. The van der Waals surface area contributed by atoms with Gasteiger partial charge in [-0.15, -0.1) is 0 Å². The predicted molar refractivity (Wildman–Crippen MR) is 47.0 cm³/mol. The normalized spacial score (nSPS) is 11.8. The number of nitrogens with one attached hydrogen (secondary N) is 1. The Labute approximate surface area is 76.7 Å². The Hall–Kier alpha value is -0.880. The zero-order valence-corrected chi connectivity index (χ0v) is 7.92. The third kappa shape index (κ3) is 2.82. The Kier molecular flexibility index (Phi) is 3.44. The van der Waals surface area contributed by atoms with E-state index in [-0.39, 0.29) is 17.4 Å². The van der Waals surface area contributed by atoms with Gasteiger partial charge < -0.3 is 10.1 Å². The van der Waals surface area contributed by atoms with Gasteiger partial charge in [0, 0.05) is 6.61 Å². The van der Waals surface area contributed by atoms with E-state index in [9.17, 15) is 8.42 Å². The largest absolute Gasteiger partial charge is 0.396 e. The Morgan fingerprint density at radius 1 is 1.46 bits per heavy atom. The molecule has 13 heavy (non-hydrogen) atoms. The lowest BCUT2D eigenvalue weighted by atomic mass is 10.4. The summed E-state index contributed by atoms with van der Waals surface area (Å²) in [5.41, 5.74) is 0. The number of nitrogens with zero attached hydrogens (tertiary/aromatic N) is 1. The van der Waals surface area contributed by atoms with Crippen LogP contribution in [0.4, 0.5) is 0 Å². The number of aromatic amines is 1. The summed E-state index contributed by atoms with van der Waals surface area (Å²) < 4.78 is 22.8. The molecule has 6 heteroatoms. The quantitative estimate of drug-likeness (QED) is 0.659. The maximum atomic E-state index is 11.4. The lowest BCUT2D eigenvalue weighted by molar-refractivity contribution is 0.287. The van der Waals surface area contributed by atoms with Crippen LogP contribution in [-0.4, -0.2) is 35.9 Å². The van der Waals surface area contributed by atoms with Crippen LogP contribution in [0, 0.1) is 0 Å². The number of hydrogen-bond donors (Lipinski definition) is 2. The topological polar surface area (TPSA) is 83.1 Å². The molecule has 0 aromatic carbocycles. The zero-order chi connectivity index (χ0) is 9.73. The number of H-pyrrole nitrogens is 1. The maximum absolute atomic E-state index is 11.4. The van der Waals surface area contributed by atoms with Crippen molar-refractivity contribution in [1.29, 1.82) is 0 Å². The van der Waals surface area contributed by atoms with Gasteiger partial charge in [0.05, 0.1) is 18.3 Å². The Morgan fingerprint density at radius 3 is 2.77 bits per heavy atom. The fourth-order valence-corrected chi connectivity index (χ4v) is 2.18. The van der Waals surface area contributed by atoms with E-state index < -0.39 is 9.84 Å². The van der Waals surface area contributed by atoms with Gasteiger partial charge in [-0.2, -0.15) is 0 Å².